The fourth-order valence-corrected chi connectivity index (χ4v) is 3.42. The molecule has 0 fully saturated rings. The molecule has 7 nitrogen and oxygen atoms in total. The molecule has 1 amide bonds. The van der Waals surface area contributed by atoms with Crippen molar-refractivity contribution in [3.8, 4) is 17.1 Å². The van der Waals surface area contributed by atoms with Crippen molar-refractivity contribution < 1.29 is 9.90 Å². The Bertz CT molecular complexity index is 815. The number of aromatic nitrogens is 4. The molecule has 2 aromatic heterocycles. The first-order chi connectivity index (χ1) is 11.7. The van der Waals surface area contributed by atoms with E-state index < -0.39 is 0 Å². The number of nitrogens with zero attached hydrogens (tertiary/aromatic N) is 4. The first-order valence-electron chi connectivity index (χ1n) is 7.22. The number of benzene rings is 1. The van der Waals surface area contributed by atoms with Crippen LogP contribution < -0.4 is 5.32 Å². The summed E-state index contributed by atoms with van der Waals surface area (Å²) in [6.45, 7) is 2.67. The van der Waals surface area contributed by atoms with Gasteiger partial charge in [-0.25, -0.2) is 4.98 Å². The summed E-state index contributed by atoms with van der Waals surface area (Å²) in [5.74, 6) is 1.01. The van der Waals surface area contributed by atoms with Crippen LogP contribution in [-0.2, 0) is 11.3 Å². The van der Waals surface area contributed by atoms with Crippen molar-refractivity contribution >= 4 is 34.1 Å². The summed E-state index contributed by atoms with van der Waals surface area (Å²) in [5, 5.41) is 23.6. The summed E-state index contributed by atoms with van der Waals surface area (Å²) in [6, 6.07) is 6.79. The molecule has 2 N–H and O–H groups in total. The second kappa shape index (κ2) is 7.45. The highest BCUT2D eigenvalue weighted by atomic mass is 32.2. The number of rotatable bonds is 6. The molecule has 3 rings (SSSR count). The Morgan fingerprint density at radius 2 is 2.12 bits per heavy atom. The zero-order valence-electron chi connectivity index (χ0n) is 12.8. The average Bonchev–Trinajstić information content (AvgIpc) is 3.22. The van der Waals surface area contributed by atoms with Gasteiger partial charge in [0.25, 0.3) is 0 Å². The molecular formula is C15H15N5O2S2. The van der Waals surface area contributed by atoms with Crippen LogP contribution in [0.3, 0.4) is 0 Å². The molecule has 2 heterocycles. The van der Waals surface area contributed by atoms with E-state index in [1.807, 2.05) is 11.5 Å². The second-order valence-electron chi connectivity index (χ2n) is 4.77. The van der Waals surface area contributed by atoms with Crippen LogP contribution in [-0.4, -0.2) is 36.5 Å². The summed E-state index contributed by atoms with van der Waals surface area (Å²) >= 11 is 2.70. The fraction of sp³-hybridized carbons (Fsp3) is 0.200. The van der Waals surface area contributed by atoms with Gasteiger partial charge >= 0.3 is 0 Å². The molecule has 0 aliphatic heterocycles. The lowest BCUT2D eigenvalue weighted by molar-refractivity contribution is -0.113. The van der Waals surface area contributed by atoms with Crippen LogP contribution in [0.25, 0.3) is 11.4 Å². The first-order valence-corrected chi connectivity index (χ1v) is 9.08. The van der Waals surface area contributed by atoms with Crippen LogP contribution >= 0.6 is 23.1 Å². The molecule has 0 bridgehead atoms. The van der Waals surface area contributed by atoms with Crippen LogP contribution in [0.1, 0.15) is 6.92 Å². The maximum Gasteiger partial charge on any atom is 0.236 e. The summed E-state index contributed by atoms with van der Waals surface area (Å²) in [4.78, 5) is 16.0. The zero-order valence-corrected chi connectivity index (χ0v) is 14.5. The molecule has 0 aliphatic rings. The van der Waals surface area contributed by atoms with E-state index in [-0.39, 0.29) is 17.4 Å². The highest BCUT2D eigenvalue weighted by molar-refractivity contribution is 7.99. The van der Waals surface area contributed by atoms with Gasteiger partial charge in [0.05, 0.1) is 5.75 Å². The predicted octanol–water partition coefficient (Wildman–Crippen LogP) is 2.86. The number of hydrogen-bond donors (Lipinski definition) is 2. The van der Waals surface area contributed by atoms with Crippen LogP contribution in [0.15, 0.2) is 41.0 Å². The highest BCUT2D eigenvalue weighted by Crippen LogP contribution is 2.25. The summed E-state index contributed by atoms with van der Waals surface area (Å²) < 4.78 is 1.94. The van der Waals surface area contributed by atoms with Gasteiger partial charge in [-0.2, -0.15) is 0 Å². The third-order valence-electron chi connectivity index (χ3n) is 3.17. The first kappa shape index (κ1) is 16.5. The largest absolute Gasteiger partial charge is 0.508 e. The van der Waals surface area contributed by atoms with E-state index in [0.29, 0.717) is 22.7 Å². The number of nitrogens with one attached hydrogen (secondary N) is 1. The molecule has 0 saturated heterocycles. The van der Waals surface area contributed by atoms with Crippen molar-refractivity contribution in [1.82, 2.24) is 19.7 Å². The number of phenolic OH excluding ortho intramolecular Hbond substituents is 1. The van der Waals surface area contributed by atoms with E-state index in [9.17, 15) is 9.90 Å². The van der Waals surface area contributed by atoms with Crippen LogP contribution in [0.5, 0.6) is 5.75 Å². The van der Waals surface area contributed by atoms with Gasteiger partial charge in [-0.05, 0) is 31.2 Å². The smallest absolute Gasteiger partial charge is 0.236 e. The lowest BCUT2D eigenvalue weighted by atomic mass is 10.2. The standard InChI is InChI=1S/C15H15N5O2S2/c1-2-20-13(10-3-5-11(21)6-4-10)18-19-15(20)24-9-12(22)17-14-16-7-8-23-14/h3-8,21H,2,9H2,1H3,(H,16,17,22). The minimum Gasteiger partial charge on any atom is -0.508 e. The number of carbonyl (C=O) groups excluding carboxylic acids is 1. The third-order valence-corrected chi connectivity index (χ3v) is 4.82. The SMILES string of the molecule is CCn1c(SCC(=O)Nc2nccs2)nnc1-c1ccc(O)cc1. The summed E-state index contributed by atoms with van der Waals surface area (Å²) in [6.07, 6.45) is 1.64. The molecule has 9 heteroatoms. The molecule has 0 radical (unpaired) electrons. The maximum atomic E-state index is 11.9. The number of carbonyl (C=O) groups is 1. The monoisotopic (exact) mass is 361 g/mol. The maximum absolute atomic E-state index is 11.9. The number of amides is 1. The van der Waals surface area contributed by atoms with Gasteiger partial charge in [0.2, 0.25) is 5.91 Å². The van der Waals surface area contributed by atoms with Crippen LogP contribution in [0, 0.1) is 0 Å². The highest BCUT2D eigenvalue weighted by Gasteiger charge is 2.15. The number of hydrogen-bond acceptors (Lipinski definition) is 7. The molecule has 0 saturated carbocycles. The van der Waals surface area contributed by atoms with E-state index in [2.05, 4.69) is 20.5 Å². The van der Waals surface area contributed by atoms with Gasteiger partial charge in [0.1, 0.15) is 5.75 Å². The van der Waals surface area contributed by atoms with Gasteiger partial charge < -0.3 is 15.0 Å². The molecule has 0 aliphatic carbocycles. The quantitative estimate of drug-likeness (QED) is 0.656. The average molecular weight is 361 g/mol. The molecular weight excluding hydrogens is 346 g/mol. The van der Waals surface area contributed by atoms with Crippen molar-refractivity contribution in [3.05, 3.63) is 35.8 Å². The Hall–Kier alpha value is -2.39. The lowest BCUT2D eigenvalue weighted by Crippen LogP contribution is -2.14. The van der Waals surface area contributed by atoms with Gasteiger partial charge in [-0.1, -0.05) is 11.8 Å². The van der Waals surface area contributed by atoms with Crippen molar-refractivity contribution in [2.24, 2.45) is 0 Å². The van der Waals surface area contributed by atoms with E-state index in [1.165, 1.54) is 23.1 Å². The number of thiazole rings is 1. The minimum absolute atomic E-state index is 0.133. The van der Waals surface area contributed by atoms with Gasteiger partial charge in [0, 0.05) is 23.7 Å². The number of thioether (sulfide) groups is 1. The fourth-order valence-electron chi connectivity index (χ4n) is 2.08. The Kier molecular flexibility index (Phi) is 5.11. The number of anilines is 1. The summed E-state index contributed by atoms with van der Waals surface area (Å²) in [7, 11) is 0. The minimum atomic E-state index is -0.133. The normalized spacial score (nSPS) is 10.7. The molecule has 0 atom stereocenters. The Labute approximate surface area is 146 Å². The van der Waals surface area contributed by atoms with E-state index >= 15 is 0 Å². The van der Waals surface area contributed by atoms with Gasteiger partial charge in [-0.3, -0.25) is 4.79 Å². The molecule has 3 aromatic rings. The Morgan fingerprint density at radius 1 is 1.33 bits per heavy atom. The molecule has 0 unspecified atom stereocenters. The van der Waals surface area contributed by atoms with Gasteiger partial charge in [0.15, 0.2) is 16.1 Å². The molecule has 124 valence electrons. The molecule has 24 heavy (non-hydrogen) atoms. The second-order valence-corrected chi connectivity index (χ2v) is 6.61. The third kappa shape index (κ3) is 3.74. The molecule has 0 spiro atoms. The Morgan fingerprint density at radius 3 is 2.79 bits per heavy atom. The van der Waals surface area contributed by atoms with Crippen molar-refractivity contribution in [2.75, 3.05) is 11.1 Å². The zero-order chi connectivity index (χ0) is 16.9. The van der Waals surface area contributed by atoms with Crippen molar-refractivity contribution in [2.45, 2.75) is 18.6 Å². The van der Waals surface area contributed by atoms with E-state index in [0.717, 1.165) is 5.56 Å². The van der Waals surface area contributed by atoms with Gasteiger partial charge in [-0.15, -0.1) is 21.5 Å². The number of aromatic hydroxyl groups is 1. The summed E-state index contributed by atoms with van der Waals surface area (Å²) in [5.41, 5.74) is 0.862. The van der Waals surface area contributed by atoms with E-state index in [1.54, 1.807) is 35.8 Å². The Balaban J connectivity index is 1.70. The van der Waals surface area contributed by atoms with E-state index in [4.69, 9.17) is 0 Å². The number of phenols is 1. The predicted molar refractivity (Wildman–Crippen MR) is 94.3 cm³/mol. The lowest BCUT2D eigenvalue weighted by Gasteiger charge is -2.07. The topological polar surface area (TPSA) is 92.9 Å². The van der Waals surface area contributed by atoms with Crippen molar-refractivity contribution in [1.29, 1.82) is 0 Å². The van der Waals surface area contributed by atoms with Crippen LogP contribution in [0.4, 0.5) is 5.13 Å². The van der Waals surface area contributed by atoms with Crippen LogP contribution in [0.2, 0.25) is 0 Å². The molecule has 1 aromatic carbocycles. The van der Waals surface area contributed by atoms with Crippen molar-refractivity contribution in [3.63, 3.8) is 0 Å².